The summed E-state index contributed by atoms with van der Waals surface area (Å²) in [5.41, 5.74) is 6.12. The summed E-state index contributed by atoms with van der Waals surface area (Å²) in [4.78, 5) is 26.8. The lowest BCUT2D eigenvalue weighted by atomic mass is 9.96. The summed E-state index contributed by atoms with van der Waals surface area (Å²) in [5.74, 6) is 0.530. The number of nitrogens with one attached hydrogen (secondary N) is 1. The van der Waals surface area contributed by atoms with Gasteiger partial charge in [-0.25, -0.2) is 0 Å². The molecule has 0 bridgehead atoms. The second-order valence-electron chi connectivity index (χ2n) is 6.55. The molecule has 0 spiro atoms. The number of para-hydroxylation sites is 1. The lowest BCUT2D eigenvalue weighted by Gasteiger charge is -2.31. The highest BCUT2D eigenvalue weighted by Gasteiger charge is 2.31. The number of nitrogens with two attached hydrogens (primary N) is 1. The Hall–Kier alpha value is -2.51. The van der Waals surface area contributed by atoms with Crippen LogP contribution in [0.5, 0.6) is 5.75 Å². The topological polar surface area (TPSA) is 97.8 Å². The number of carbonyl (C=O) groups excluding carboxylic acids is 2. The van der Waals surface area contributed by atoms with Gasteiger partial charge in [0, 0.05) is 31.7 Å². The number of piperidine rings is 1. The maximum absolute atomic E-state index is 12.9. The average molecular weight is 408 g/mol. The van der Waals surface area contributed by atoms with E-state index < -0.39 is 0 Å². The summed E-state index contributed by atoms with van der Waals surface area (Å²) in [6, 6.07) is 11.1. The molecule has 1 aromatic heterocycles. The summed E-state index contributed by atoms with van der Waals surface area (Å²) in [5, 5.41) is 2.80. The number of rotatable bonds is 7. The molecular weight excluding hydrogens is 382 g/mol. The second-order valence-corrected chi connectivity index (χ2v) is 6.55. The van der Waals surface area contributed by atoms with Gasteiger partial charge in [-0.2, -0.15) is 0 Å². The van der Waals surface area contributed by atoms with Crippen LogP contribution in [0.4, 0.5) is 0 Å². The van der Waals surface area contributed by atoms with Crippen LogP contribution in [0.15, 0.2) is 47.1 Å². The monoisotopic (exact) mass is 407 g/mol. The minimum atomic E-state index is -0.215. The molecule has 152 valence electrons. The number of likely N-dealkylation sites (tertiary alicyclic amines) is 1. The summed E-state index contributed by atoms with van der Waals surface area (Å²) >= 11 is 0. The molecule has 0 radical (unpaired) electrons. The van der Waals surface area contributed by atoms with E-state index in [0.29, 0.717) is 31.7 Å². The Kier molecular flexibility index (Phi) is 8.35. The van der Waals surface area contributed by atoms with Gasteiger partial charge < -0.3 is 25.1 Å². The van der Waals surface area contributed by atoms with E-state index in [9.17, 15) is 9.59 Å². The normalized spacial score (nSPS) is 16.2. The van der Waals surface area contributed by atoms with Crippen molar-refractivity contribution in [1.29, 1.82) is 0 Å². The molecule has 1 fully saturated rings. The Morgan fingerprint density at radius 3 is 2.79 bits per heavy atom. The number of carbonyl (C=O) groups is 2. The SMILES string of the molecule is Cl.NCCNC(=O)C1CCCN(C(=O)c2occc2COc2ccccc2)C1. The molecule has 0 aliphatic carbocycles. The van der Waals surface area contributed by atoms with Crippen molar-refractivity contribution in [3.05, 3.63) is 54.0 Å². The number of hydrogen-bond acceptors (Lipinski definition) is 5. The van der Waals surface area contributed by atoms with Crippen molar-refractivity contribution in [2.45, 2.75) is 19.4 Å². The van der Waals surface area contributed by atoms with Crippen LogP contribution >= 0.6 is 12.4 Å². The predicted octanol–water partition coefficient (Wildman–Crippen LogP) is 2.21. The van der Waals surface area contributed by atoms with E-state index in [0.717, 1.165) is 18.6 Å². The Balaban J connectivity index is 0.00000280. The zero-order valence-corrected chi connectivity index (χ0v) is 16.5. The van der Waals surface area contributed by atoms with Gasteiger partial charge in [-0.1, -0.05) is 18.2 Å². The first-order valence-electron chi connectivity index (χ1n) is 9.20. The Labute approximate surface area is 170 Å². The third-order valence-electron chi connectivity index (χ3n) is 4.60. The van der Waals surface area contributed by atoms with Crippen molar-refractivity contribution >= 4 is 24.2 Å². The molecule has 1 atom stereocenters. The fourth-order valence-electron chi connectivity index (χ4n) is 3.17. The summed E-state index contributed by atoms with van der Waals surface area (Å²) in [6.45, 7) is 2.09. The van der Waals surface area contributed by atoms with Gasteiger partial charge in [-0.3, -0.25) is 9.59 Å². The van der Waals surface area contributed by atoms with Gasteiger partial charge in [0.15, 0.2) is 5.76 Å². The zero-order chi connectivity index (χ0) is 19.1. The largest absolute Gasteiger partial charge is 0.489 e. The molecule has 3 rings (SSSR count). The Morgan fingerprint density at radius 2 is 2.04 bits per heavy atom. The second kappa shape index (κ2) is 10.7. The van der Waals surface area contributed by atoms with Gasteiger partial charge in [0.25, 0.3) is 5.91 Å². The average Bonchev–Trinajstić information content (AvgIpc) is 3.19. The molecule has 1 aliphatic heterocycles. The van der Waals surface area contributed by atoms with Gasteiger partial charge in [-0.15, -0.1) is 12.4 Å². The highest BCUT2D eigenvalue weighted by Crippen LogP contribution is 2.22. The van der Waals surface area contributed by atoms with Crippen molar-refractivity contribution in [3.8, 4) is 5.75 Å². The smallest absolute Gasteiger partial charge is 0.289 e. The van der Waals surface area contributed by atoms with Crippen LogP contribution in [-0.2, 0) is 11.4 Å². The molecular formula is C20H26ClN3O4. The van der Waals surface area contributed by atoms with E-state index in [2.05, 4.69) is 5.32 Å². The standard InChI is InChI=1S/C20H25N3O4.ClH/c21-9-10-22-19(24)15-5-4-11-23(13-15)20(25)18-16(8-12-26-18)14-27-17-6-2-1-3-7-17;/h1-3,6-8,12,15H,4-5,9-11,13-14,21H2,(H,22,24);1H. The number of hydrogen-bond donors (Lipinski definition) is 2. The molecule has 7 nitrogen and oxygen atoms in total. The fourth-order valence-corrected chi connectivity index (χ4v) is 3.17. The fraction of sp³-hybridized carbons (Fsp3) is 0.400. The Morgan fingerprint density at radius 1 is 1.25 bits per heavy atom. The summed E-state index contributed by atoms with van der Waals surface area (Å²) < 4.78 is 11.2. The molecule has 1 saturated heterocycles. The van der Waals surface area contributed by atoms with Crippen molar-refractivity contribution in [2.24, 2.45) is 11.7 Å². The first-order chi connectivity index (χ1) is 13.2. The third-order valence-corrected chi connectivity index (χ3v) is 4.60. The van der Waals surface area contributed by atoms with Crippen LogP contribution < -0.4 is 15.8 Å². The number of ether oxygens (including phenoxy) is 1. The molecule has 3 N–H and O–H groups in total. The van der Waals surface area contributed by atoms with E-state index in [1.54, 1.807) is 11.0 Å². The van der Waals surface area contributed by atoms with Gasteiger partial charge in [-0.05, 0) is 31.0 Å². The maximum atomic E-state index is 12.9. The molecule has 8 heteroatoms. The van der Waals surface area contributed by atoms with Gasteiger partial charge in [0.05, 0.1) is 12.2 Å². The predicted molar refractivity (Wildman–Crippen MR) is 107 cm³/mol. The molecule has 1 aliphatic rings. The van der Waals surface area contributed by atoms with Crippen LogP contribution in [-0.4, -0.2) is 42.9 Å². The van der Waals surface area contributed by atoms with Crippen LogP contribution in [0.25, 0.3) is 0 Å². The number of nitrogens with zero attached hydrogens (tertiary/aromatic N) is 1. The van der Waals surface area contributed by atoms with E-state index in [4.69, 9.17) is 14.9 Å². The summed E-state index contributed by atoms with van der Waals surface area (Å²) in [6.07, 6.45) is 3.04. The maximum Gasteiger partial charge on any atom is 0.289 e. The minimum absolute atomic E-state index is 0. The third kappa shape index (κ3) is 5.50. The molecule has 0 saturated carbocycles. The van der Waals surface area contributed by atoms with Crippen molar-refractivity contribution in [3.63, 3.8) is 0 Å². The summed E-state index contributed by atoms with van der Waals surface area (Å²) in [7, 11) is 0. The zero-order valence-electron chi connectivity index (χ0n) is 15.6. The van der Waals surface area contributed by atoms with E-state index in [1.165, 1.54) is 6.26 Å². The first kappa shape index (κ1) is 21.8. The Bertz CT molecular complexity index is 766. The van der Waals surface area contributed by atoms with Crippen LogP contribution in [0.1, 0.15) is 29.0 Å². The molecule has 28 heavy (non-hydrogen) atoms. The van der Waals surface area contributed by atoms with Crippen LogP contribution in [0.3, 0.4) is 0 Å². The molecule has 2 heterocycles. The van der Waals surface area contributed by atoms with E-state index in [1.807, 2.05) is 30.3 Å². The molecule has 2 aromatic rings. The van der Waals surface area contributed by atoms with Gasteiger partial charge in [0.1, 0.15) is 12.4 Å². The molecule has 2 amide bonds. The first-order valence-corrected chi connectivity index (χ1v) is 9.20. The molecule has 1 unspecified atom stereocenters. The minimum Gasteiger partial charge on any atom is -0.489 e. The number of furan rings is 1. The van der Waals surface area contributed by atoms with Crippen molar-refractivity contribution < 1.29 is 18.7 Å². The highest BCUT2D eigenvalue weighted by atomic mass is 35.5. The van der Waals surface area contributed by atoms with Crippen molar-refractivity contribution in [2.75, 3.05) is 26.2 Å². The van der Waals surface area contributed by atoms with Crippen LogP contribution in [0.2, 0.25) is 0 Å². The number of benzene rings is 1. The lowest BCUT2D eigenvalue weighted by Crippen LogP contribution is -2.46. The number of amides is 2. The van der Waals surface area contributed by atoms with E-state index >= 15 is 0 Å². The van der Waals surface area contributed by atoms with Gasteiger partial charge in [0.2, 0.25) is 5.91 Å². The van der Waals surface area contributed by atoms with Crippen LogP contribution in [0, 0.1) is 5.92 Å². The van der Waals surface area contributed by atoms with E-state index in [-0.39, 0.29) is 42.5 Å². The molecule has 1 aromatic carbocycles. The lowest BCUT2D eigenvalue weighted by molar-refractivity contribution is -0.126. The number of halogens is 1. The highest BCUT2D eigenvalue weighted by molar-refractivity contribution is 5.93. The van der Waals surface area contributed by atoms with Crippen molar-refractivity contribution in [1.82, 2.24) is 10.2 Å². The quantitative estimate of drug-likeness (QED) is 0.733. The van der Waals surface area contributed by atoms with Gasteiger partial charge >= 0.3 is 0 Å².